The molecule has 3 rings (SSSR count). The Morgan fingerprint density at radius 2 is 2.15 bits per heavy atom. The number of aryl methyl sites for hydroxylation is 2. The van der Waals surface area contributed by atoms with E-state index < -0.39 is 0 Å². The van der Waals surface area contributed by atoms with Crippen LogP contribution in [0.25, 0.3) is 0 Å². The van der Waals surface area contributed by atoms with Crippen LogP contribution in [0.15, 0.2) is 41.7 Å². The van der Waals surface area contributed by atoms with Gasteiger partial charge in [0.1, 0.15) is 11.4 Å². The van der Waals surface area contributed by atoms with Crippen molar-refractivity contribution in [3.05, 3.63) is 47.8 Å². The zero-order valence-corrected chi connectivity index (χ0v) is 18.9. The predicted molar refractivity (Wildman–Crippen MR) is 120 cm³/mol. The fraction of sp³-hybridized carbons (Fsp3) is 0.500. The van der Waals surface area contributed by atoms with Crippen LogP contribution in [0.2, 0.25) is 0 Å². The van der Waals surface area contributed by atoms with Crippen LogP contribution in [0.4, 0.5) is 0 Å². The molecule has 0 saturated heterocycles. The van der Waals surface area contributed by atoms with Gasteiger partial charge in [0, 0.05) is 38.3 Å². The van der Waals surface area contributed by atoms with Gasteiger partial charge in [-0.1, -0.05) is 18.2 Å². The molecule has 6 nitrogen and oxygen atoms in total. The highest BCUT2D eigenvalue weighted by atomic mass is 127. The Hall–Kier alpha value is -1.77. The normalized spacial score (nSPS) is 18.1. The lowest BCUT2D eigenvalue weighted by Crippen LogP contribution is -2.45. The second kappa shape index (κ2) is 9.43. The molecule has 1 unspecified atom stereocenters. The van der Waals surface area contributed by atoms with Gasteiger partial charge >= 0.3 is 0 Å². The highest BCUT2D eigenvalue weighted by molar-refractivity contribution is 14.0. The third-order valence-corrected chi connectivity index (χ3v) is 4.53. The first kappa shape index (κ1) is 21.5. The van der Waals surface area contributed by atoms with Gasteiger partial charge in [0.2, 0.25) is 0 Å². The van der Waals surface area contributed by atoms with Crippen molar-refractivity contribution in [1.82, 2.24) is 20.4 Å². The number of halogens is 1. The van der Waals surface area contributed by atoms with Crippen LogP contribution < -0.4 is 15.4 Å². The second-order valence-corrected chi connectivity index (χ2v) is 7.43. The largest absolute Gasteiger partial charge is 0.487 e. The van der Waals surface area contributed by atoms with Crippen molar-refractivity contribution in [1.29, 1.82) is 0 Å². The quantitative estimate of drug-likeness (QED) is 0.295. The number of nitrogens with zero attached hydrogens (tertiary/aromatic N) is 3. The number of rotatable bonds is 5. The molecular formula is C20H30IN5O. The summed E-state index contributed by atoms with van der Waals surface area (Å²) in [6.45, 7) is 8.04. The molecule has 2 N–H and O–H groups in total. The number of hydrogen-bond donors (Lipinski definition) is 2. The monoisotopic (exact) mass is 483 g/mol. The zero-order chi connectivity index (χ0) is 18.6. The molecule has 0 aliphatic carbocycles. The third kappa shape index (κ3) is 5.85. The van der Waals surface area contributed by atoms with Crippen LogP contribution in [0.5, 0.6) is 5.75 Å². The highest BCUT2D eigenvalue weighted by Crippen LogP contribution is 2.39. The van der Waals surface area contributed by atoms with Crippen molar-refractivity contribution in [2.24, 2.45) is 4.99 Å². The first-order valence-corrected chi connectivity index (χ1v) is 9.21. The molecule has 0 spiro atoms. The number of ether oxygens (including phenoxy) is 1. The minimum Gasteiger partial charge on any atom is -0.487 e. The van der Waals surface area contributed by atoms with Gasteiger partial charge in [0.25, 0.3) is 0 Å². The summed E-state index contributed by atoms with van der Waals surface area (Å²) < 4.78 is 8.08. The Labute approximate surface area is 178 Å². The Bertz CT molecular complexity index is 771. The van der Waals surface area contributed by atoms with E-state index in [0.29, 0.717) is 0 Å². The summed E-state index contributed by atoms with van der Waals surface area (Å²) in [5.41, 5.74) is 2.17. The standard InChI is InChI=1S/C20H29N5O.HI/c1-15-13-23-25(14-15)11-7-10-22-19(21-4)24-17-12-20(2,3)26-18-9-6-5-8-16(17)18;/h5-6,8-9,13-14,17H,7,10-12H2,1-4H3,(H2,21,22,24);1H. The van der Waals surface area contributed by atoms with E-state index in [2.05, 4.69) is 59.8 Å². The van der Waals surface area contributed by atoms with Gasteiger partial charge in [0.15, 0.2) is 5.96 Å². The van der Waals surface area contributed by atoms with Crippen molar-refractivity contribution in [2.45, 2.75) is 51.8 Å². The van der Waals surface area contributed by atoms with Crippen LogP contribution in [-0.4, -0.2) is 34.9 Å². The molecule has 2 aromatic rings. The van der Waals surface area contributed by atoms with Gasteiger partial charge < -0.3 is 15.4 Å². The van der Waals surface area contributed by atoms with Crippen LogP contribution in [0.3, 0.4) is 0 Å². The van der Waals surface area contributed by atoms with Gasteiger partial charge in [0.05, 0.1) is 12.2 Å². The van der Waals surface area contributed by atoms with E-state index in [1.165, 1.54) is 11.1 Å². The SMILES string of the molecule is CN=C(NCCCn1cc(C)cn1)NC1CC(C)(C)Oc2ccccc21.I. The molecule has 1 aromatic carbocycles. The summed E-state index contributed by atoms with van der Waals surface area (Å²) >= 11 is 0. The Morgan fingerprint density at radius 3 is 2.85 bits per heavy atom. The molecule has 0 radical (unpaired) electrons. The molecule has 0 amide bonds. The number of hydrogen-bond acceptors (Lipinski definition) is 3. The molecule has 7 heteroatoms. The molecular weight excluding hydrogens is 453 g/mol. The van der Waals surface area contributed by atoms with E-state index in [1.807, 2.05) is 30.1 Å². The zero-order valence-electron chi connectivity index (χ0n) is 16.5. The predicted octanol–water partition coefficient (Wildman–Crippen LogP) is 3.67. The third-order valence-electron chi connectivity index (χ3n) is 4.53. The summed E-state index contributed by atoms with van der Waals surface area (Å²) in [7, 11) is 1.81. The number of aliphatic imine (C=N–C) groups is 1. The molecule has 2 heterocycles. The lowest BCUT2D eigenvalue weighted by molar-refractivity contribution is 0.0694. The number of aromatic nitrogens is 2. The first-order valence-electron chi connectivity index (χ1n) is 9.21. The Balaban J connectivity index is 0.00000261. The van der Waals surface area contributed by atoms with Crippen LogP contribution in [0.1, 0.15) is 43.9 Å². The molecule has 1 aliphatic rings. The Kier molecular flexibility index (Phi) is 7.52. The maximum absolute atomic E-state index is 6.10. The number of para-hydroxylation sites is 1. The van der Waals surface area contributed by atoms with Gasteiger partial charge in [-0.2, -0.15) is 5.10 Å². The van der Waals surface area contributed by atoms with Crippen LogP contribution >= 0.6 is 24.0 Å². The summed E-state index contributed by atoms with van der Waals surface area (Å²) in [5, 5.41) is 11.3. The minimum absolute atomic E-state index is 0. The van der Waals surface area contributed by atoms with Crippen molar-refractivity contribution in [2.75, 3.05) is 13.6 Å². The van der Waals surface area contributed by atoms with Crippen LogP contribution in [-0.2, 0) is 6.54 Å². The van der Waals surface area contributed by atoms with E-state index in [1.54, 1.807) is 0 Å². The van der Waals surface area contributed by atoms with Crippen molar-refractivity contribution in [3.63, 3.8) is 0 Å². The molecule has 1 aromatic heterocycles. The Morgan fingerprint density at radius 1 is 1.37 bits per heavy atom. The number of guanidine groups is 1. The molecule has 27 heavy (non-hydrogen) atoms. The van der Waals surface area contributed by atoms with Gasteiger partial charge in [-0.05, 0) is 38.8 Å². The first-order chi connectivity index (χ1) is 12.5. The number of nitrogens with one attached hydrogen (secondary N) is 2. The molecule has 0 saturated carbocycles. The second-order valence-electron chi connectivity index (χ2n) is 7.43. The average molecular weight is 483 g/mol. The van der Waals surface area contributed by atoms with Gasteiger partial charge in [-0.25, -0.2) is 0 Å². The van der Waals surface area contributed by atoms with Crippen molar-refractivity contribution < 1.29 is 4.74 Å². The van der Waals surface area contributed by atoms with E-state index in [9.17, 15) is 0 Å². The summed E-state index contributed by atoms with van der Waals surface area (Å²) in [4.78, 5) is 4.38. The van der Waals surface area contributed by atoms with Crippen molar-refractivity contribution in [3.8, 4) is 5.75 Å². The van der Waals surface area contributed by atoms with Crippen LogP contribution in [0, 0.1) is 6.92 Å². The minimum atomic E-state index is -0.206. The lowest BCUT2D eigenvalue weighted by atomic mass is 9.90. The summed E-state index contributed by atoms with van der Waals surface area (Å²) in [5.74, 6) is 1.77. The lowest BCUT2D eigenvalue weighted by Gasteiger charge is -2.38. The molecule has 0 bridgehead atoms. The number of fused-ring (bicyclic) bond motifs is 1. The van der Waals surface area contributed by atoms with E-state index in [0.717, 1.165) is 37.6 Å². The van der Waals surface area contributed by atoms with Crippen molar-refractivity contribution >= 4 is 29.9 Å². The fourth-order valence-electron chi connectivity index (χ4n) is 3.33. The molecule has 0 fully saturated rings. The van der Waals surface area contributed by atoms with Gasteiger partial charge in [-0.3, -0.25) is 9.67 Å². The topological polar surface area (TPSA) is 63.5 Å². The summed E-state index contributed by atoms with van der Waals surface area (Å²) in [6.07, 6.45) is 5.82. The average Bonchev–Trinajstić information content (AvgIpc) is 3.01. The highest BCUT2D eigenvalue weighted by Gasteiger charge is 2.33. The maximum Gasteiger partial charge on any atom is 0.191 e. The maximum atomic E-state index is 6.10. The molecule has 1 aliphatic heterocycles. The summed E-state index contributed by atoms with van der Waals surface area (Å²) in [6, 6.07) is 8.40. The van der Waals surface area contributed by atoms with E-state index in [-0.39, 0.29) is 35.6 Å². The fourth-order valence-corrected chi connectivity index (χ4v) is 3.33. The van der Waals surface area contributed by atoms with Gasteiger partial charge in [-0.15, -0.1) is 24.0 Å². The molecule has 148 valence electrons. The smallest absolute Gasteiger partial charge is 0.191 e. The molecule has 1 atom stereocenters. The van der Waals surface area contributed by atoms with E-state index in [4.69, 9.17) is 4.74 Å². The van der Waals surface area contributed by atoms with E-state index >= 15 is 0 Å². The number of benzene rings is 1.